The zero-order valence-electron chi connectivity index (χ0n) is 16.1. The normalized spacial score (nSPS) is 14.4. The Kier molecular flexibility index (Phi) is 5.09. The molecule has 1 aliphatic heterocycles. The maximum Gasteiger partial charge on any atom is 0.292 e. The van der Waals surface area contributed by atoms with Gasteiger partial charge in [0.1, 0.15) is 5.02 Å². The Bertz CT molecular complexity index is 1040. The largest absolute Gasteiger partial charge is 0.368 e. The maximum atomic E-state index is 12.7. The summed E-state index contributed by atoms with van der Waals surface area (Å²) in [5, 5.41) is 4.57. The number of benzene rings is 2. The lowest BCUT2D eigenvalue weighted by Gasteiger charge is -2.38. The van der Waals surface area contributed by atoms with Crippen molar-refractivity contribution in [2.75, 3.05) is 36.0 Å². The molecule has 4 rings (SSSR count). The number of hydrogen-bond acceptors (Lipinski definition) is 4. The standard InChI is InChI=1S/C22H23ClN4O/c1-16-7-6-10-19(17(16)2)25-11-13-26(14-12-25)20-15-24-27(22(28)21(20)23)18-8-4-3-5-9-18/h3-10,15H,11-14H2,1-2H3. The van der Waals surface area contributed by atoms with Crippen LogP contribution in [0.5, 0.6) is 0 Å². The van der Waals surface area contributed by atoms with Crippen molar-refractivity contribution in [3.8, 4) is 5.69 Å². The van der Waals surface area contributed by atoms with Gasteiger partial charge < -0.3 is 9.80 Å². The number of piperazine rings is 1. The van der Waals surface area contributed by atoms with E-state index < -0.39 is 0 Å². The fourth-order valence-electron chi connectivity index (χ4n) is 3.66. The van der Waals surface area contributed by atoms with Gasteiger partial charge in [0.05, 0.1) is 17.6 Å². The first-order valence-electron chi connectivity index (χ1n) is 9.45. The summed E-state index contributed by atoms with van der Waals surface area (Å²) in [4.78, 5) is 17.3. The summed E-state index contributed by atoms with van der Waals surface area (Å²) in [5.74, 6) is 0. The molecule has 6 heteroatoms. The third-order valence-corrected chi connectivity index (χ3v) is 5.79. The molecule has 1 aliphatic rings. The number of hydrogen-bond donors (Lipinski definition) is 0. The summed E-state index contributed by atoms with van der Waals surface area (Å²) in [6.07, 6.45) is 1.70. The van der Waals surface area contributed by atoms with Crippen LogP contribution in [0.4, 0.5) is 11.4 Å². The molecule has 0 radical (unpaired) electrons. The summed E-state index contributed by atoms with van der Waals surface area (Å²) in [6, 6.07) is 15.8. The molecule has 0 aliphatic carbocycles. The number of aryl methyl sites for hydroxylation is 1. The van der Waals surface area contributed by atoms with Gasteiger partial charge in [-0.05, 0) is 43.2 Å². The molecule has 0 unspecified atom stereocenters. The molecular formula is C22H23ClN4O. The molecule has 0 bridgehead atoms. The Balaban J connectivity index is 1.55. The fourth-order valence-corrected chi connectivity index (χ4v) is 3.91. The number of para-hydroxylation sites is 1. The molecular weight excluding hydrogens is 372 g/mol. The quantitative estimate of drug-likeness (QED) is 0.677. The topological polar surface area (TPSA) is 41.4 Å². The first kappa shape index (κ1) is 18.6. The molecule has 5 nitrogen and oxygen atoms in total. The Morgan fingerprint density at radius 3 is 2.18 bits per heavy atom. The fraction of sp³-hybridized carbons (Fsp3) is 0.273. The number of anilines is 2. The van der Waals surface area contributed by atoms with Crippen LogP contribution in [-0.4, -0.2) is 36.0 Å². The van der Waals surface area contributed by atoms with Crippen LogP contribution in [-0.2, 0) is 0 Å². The monoisotopic (exact) mass is 394 g/mol. The molecule has 0 N–H and O–H groups in total. The van der Waals surface area contributed by atoms with Gasteiger partial charge in [0.2, 0.25) is 0 Å². The van der Waals surface area contributed by atoms with Crippen molar-refractivity contribution in [2.45, 2.75) is 13.8 Å². The second kappa shape index (κ2) is 7.68. The smallest absolute Gasteiger partial charge is 0.292 e. The highest BCUT2D eigenvalue weighted by Crippen LogP contribution is 2.27. The van der Waals surface area contributed by atoms with Crippen LogP contribution in [0.1, 0.15) is 11.1 Å². The number of nitrogens with zero attached hydrogens (tertiary/aromatic N) is 4. The zero-order valence-corrected chi connectivity index (χ0v) is 16.9. The van der Waals surface area contributed by atoms with E-state index in [0.29, 0.717) is 11.4 Å². The van der Waals surface area contributed by atoms with Gasteiger partial charge in [-0.15, -0.1) is 0 Å². The van der Waals surface area contributed by atoms with Gasteiger partial charge in [0.15, 0.2) is 0 Å². The van der Waals surface area contributed by atoms with Crippen LogP contribution in [0, 0.1) is 13.8 Å². The summed E-state index contributed by atoms with van der Waals surface area (Å²) >= 11 is 6.45. The minimum Gasteiger partial charge on any atom is -0.368 e. The molecule has 2 aromatic carbocycles. The minimum atomic E-state index is -0.290. The van der Waals surface area contributed by atoms with Crippen molar-refractivity contribution in [3.63, 3.8) is 0 Å². The van der Waals surface area contributed by atoms with Crippen LogP contribution in [0.15, 0.2) is 59.5 Å². The Morgan fingerprint density at radius 1 is 0.857 bits per heavy atom. The van der Waals surface area contributed by atoms with E-state index in [0.717, 1.165) is 26.2 Å². The molecule has 0 saturated carbocycles. The Labute approximate surface area is 169 Å². The molecule has 2 heterocycles. The van der Waals surface area contributed by atoms with Gasteiger partial charge >= 0.3 is 0 Å². The number of halogens is 1. The van der Waals surface area contributed by atoms with Gasteiger partial charge in [0, 0.05) is 31.9 Å². The van der Waals surface area contributed by atoms with Crippen molar-refractivity contribution < 1.29 is 0 Å². The third kappa shape index (κ3) is 3.38. The van der Waals surface area contributed by atoms with E-state index in [2.05, 4.69) is 46.9 Å². The second-order valence-electron chi connectivity index (χ2n) is 7.09. The SMILES string of the molecule is Cc1cccc(N2CCN(c3cnn(-c4ccccc4)c(=O)c3Cl)CC2)c1C. The van der Waals surface area contributed by atoms with Gasteiger partial charge in [-0.3, -0.25) is 4.79 Å². The van der Waals surface area contributed by atoms with Gasteiger partial charge in [-0.2, -0.15) is 9.78 Å². The number of rotatable bonds is 3. The lowest BCUT2D eigenvalue weighted by molar-refractivity contribution is 0.647. The molecule has 0 atom stereocenters. The predicted molar refractivity (Wildman–Crippen MR) is 115 cm³/mol. The second-order valence-corrected chi connectivity index (χ2v) is 7.47. The molecule has 1 fully saturated rings. The molecule has 0 spiro atoms. The predicted octanol–water partition coefficient (Wildman–Crippen LogP) is 3.83. The van der Waals surface area contributed by atoms with E-state index >= 15 is 0 Å². The highest BCUT2D eigenvalue weighted by atomic mass is 35.5. The first-order valence-corrected chi connectivity index (χ1v) is 9.83. The average molecular weight is 395 g/mol. The zero-order chi connectivity index (χ0) is 19.7. The van der Waals surface area contributed by atoms with Crippen molar-refractivity contribution in [3.05, 3.63) is 81.2 Å². The van der Waals surface area contributed by atoms with E-state index in [1.165, 1.54) is 21.5 Å². The van der Waals surface area contributed by atoms with E-state index in [1.54, 1.807) is 6.20 Å². The summed E-state index contributed by atoms with van der Waals surface area (Å²) in [6.45, 7) is 7.65. The van der Waals surface area contributed by atoms with E-state index in [9.17, 15) is 4.79 Å². The number of aromatic nitrogens is 2. The van der Waals surface area contributed by atoms with Crippen LogP contribution in [0.3, 0.4) is 0 Å². The molecule has 1 saturated heterocycles. The lowest BCUT2D eigenvalue weighted by Crippen LogP contribution is -2.47. The third-order valence-electron chi connectivity index (χ3n) is 5.44. The van der Waals surface area contributed by atoms with E-state index in [-0.39, 0.29) is 10.6 Å². The average Bonchev–Trinajstić information content (AvgIpc) is 2.73. The van der Waals surface area contributed by atoms with E-state index in [1.807, 2.05) is 30.3 Å². The van der Waals surface area contributed by atoms with Gasteiger partial charge in [-0.25, -0.2) is 0 Å². The highest BCUT2D eigenvalue weighted by molar-refractivity contribution is 6.33. The van der Waals surface area contributed by atoms with Crippen LogP contribution in [0.2, 0.25) is 5.02 Å². The highest BCUT2D eigenvalue weighted by Gasteiger charge is 2.22. The summed E-state index contributed by atoms with van der Waals surface area (Å²) in [5.41, 5.74) is 5.03. The summed E-state index contributed by atoms with van der Waals surface area (Å²) < 4.78 is 1.35. The van der Waals surface area contributed by atoms with Gasteiger partial charge in [-0.1, -0.05) is 41.9 Å². The Hall–Kier alpha value is -2.79. The molecule has 144 valence electrons. The van der Waals surface area contributed by atoms with Crippen LogP contribution in [0.25, 0.3) is 5.69 Å². The lowest BCUT2D eigenvalue weighted by atomic mass is 10.1. The molecule has 28 heavy (non-hydrogen) atoms. The summed E-state index contributed by atoms with van der Waals surface area (Å²) in [7, 11) is 0. The van der Waals surface area contributed by atoms with Crippen molar-refractivity contribution in [2.24, 2.45) is 0 Å². The first-order chi connectivity index (χ1) is 13.6. The van der Waals surface area contributed by atoms with Crippen molar-refractivity contribution in [1.82, 2.24) is 9.78 Å². The minimum absolute atomic E-state index is 0.221. The van der Waals surface area contributed by atoms with Crippen LogP contribution < -0.4 is 15.4 Å². The van der Waals surface area contributed by atoms with Gasteiger partial charge in [0.25, 0.3) is 5.56 Å². The molecule has 3 aromatic rings. The van der Waals surface area contributed by atoms with E-state index in [4.69, 9.17) is 11.6 Å². The maximum absolute atomic E-state index is 12.7. The van der Waals surface area contributed by atoms with Crippen molar-refractivity contribution in [1.29, 1.82) is 0 Å². The van der Waals surface area contributed by atoms with Crippen molar-refractivity contribution >= 4 is 23.0 Å². The molecule has 1 aromatic heterocycles. The molecule has 0 amide bonds. The Morgan fingerprint density at radius 2 is 1.50 bits per heavy atom. The van der Waals surface area contributed by atoms with Crippen LogP contribution >= 0.6 is 11.6 Å².